The van der Waals surface area contributed by atoms with Gasteiger partial charge in [0.05, 0.1) is 43.9 Å². The molecule has 3 atom stereocenters. The highest BCUT2D eigenvalue weighted by molar-refractivity contribution is 5.70. The van der Waals surface area contributed by atoms with Crippen LogP contribution in [0.5, 0.6) is 0 Å². The van der Waals surface area contributed by atoms with Crippen molar-refractivity contribution in [3.05, 3.63) is 12.2 Å². The van der Waals surface area contributed by atoms with Gasteiger partial charge in [-0.05, 0) is 38.5 Å². The number of aliphatic carboxylic acids is 3. The van der Waals surface area contributed by atoms with Crippen LogP contribution in [0.1, 0.15) is 156 Å². The van der Waals surface area contributed by atoms with Gasteiger partial charge in [-0.25, -0.2) is 0 Å². The van der Waals surface area contributed by atoms with Crippen molar-refractivity contribution in [2.75, 3.05) is 26.2 Å². The summed E-state index contributed by atoms with van der Waals surface area (Å²) < 4.78 is 0.609. The van der Waals surface area contributed by atoms with Crippen LogP contribution in [-0.4, -0.2) is 63.9 Å². The largest absolute Gasteiger partial charge is 0.481 e. The summed E-state index contributed by atoms with van der Waals surface area (Å²) in [6, 6.07) is 0. The molecule has 0 aliphatic heterocycles. The van der Waals surface area contributed by atoms with E-state index in [9.17, 15) is 29.7 Å². The first kappa shape index (κ1) is 41.1. The van der Waals surface area contributed by atoms with E-state index in [4.69, 9.17) is 0 Å². The Morgan fingerprint density at radius 2 is 0.791 bits per heavy atom. The Labute approximate surface area is 264 Å². The lowest BCUT2D eigenvalue weighted by molar-refractivity contribution is -0.929. The first-order chi connectivity index (χ1) is 20.5. The molecule has 7 nitrogen and oxygen atoms in total. The summed E-state index contributed by atoms with van der Waals surface area (Å²) in [4.78, 5) is 34.5. The molecule has 0 fully saturated rings. The van der Waals surface area contributed by atoms with Crippen molar-refractivity contribution >= 4 is 17.9 Å². The lowest BCUT2D eigenvalue weighted by Crippen LogP contribution is -2.52. The van der Waals surface area contributed by atoms with Crippen molar-refractivity contribution in [3.63, 3.8) is 0 Å². The van der Waals surface area contributed by atoms with E-state index in [0.717, 1.165) is 25.8 Å². The Kier molecular flexibility index (Phi) is 25.3. The van der Waals surface area contributed by atoms with Crippen LogP contribution in [0.15, 0.2) is 12.2 Å². The summed E-state index contributed by atoms with van der Waals surface area (Å²) in [7, 11) is 0. The Morgan fingerprint density at radius 3 is 1.12 bits per heavy atom. The van der Waals surface area contributed by atoms with Gasteiger partial charge in [-0.2, -0.15) is 0 Å². The fraction of sp³-hybridized carbons (Fsp3) is 0.861. The minimum Gasteiger partial charge on any atom is -0.481 e. The molecule has 0 rings (SSSR count). The Balaban J connectivity index is 4.48. The van der Waals surface area contributed by atoms with Crippen molar-refractivity contribution in [2.45, 2.75) is 156 Å². The van der Waals surface area contributed by atoms with E-state index in [0.29, 0.717) is 43.4 Å². The summed E-state index contributed by atoms with van der Waals surface area (Å²) in [6.07, 6.45) is 27.8. The maximum Gasteiger partial charge on any atom is 0.306 e. The highest BCUT2D eigenvalue weighted by atomic mass is 16.4. The Hall–Kier alpha value is -1.89. The number of quaternary nitrogens is 1. The predicted octanol–water partition coefficient (Wildman–Crippen LogP) is 9.34. The van der Waals surface area contributed by atoms with Gasteiger partial charge in [-0.15, -0.1) is 0 Å². The summed E-state index contributed by atoms with van der Waals surface area (Å²) in [6.45, 7) is 10.2. The molecule has 252 valence electrons. The number of carboxylic acid groups (broad SMARTS) is 3. The first-order valence-corrected chi connectivity index (χ1v) is 17.7. The number of carbonyl (C=O) groups is 3. The zero-order valence-electron chi connectivity index (χ0n) is 28.4. The smallest absolute Gasteiger partial charge is 0.306 e. The van der Waals surface area contributed by atoms with E-state index >= 15 is 0 Å². The fourth-order valence-electron chi connectivity index (χ4n) is 5.67. The third-order valence-corrected chi connectivity index (χ3v) is 9.27. The van der Waals surface area contributed by atoms with Gasteiger partial charge in [0.2, 0.25) is 0 Å². The summed E-state index contributed by atoms with van der Waals surface area (Å²) in [5.74, 6) is -3.91. The van der Waals surface area contributed by atoms with Gasteiger partial charge in [0.1, 0.15) is 0 Å². The van der Waals surface area contributed by atoms with Gasteiger partial charge in [-0.1, -0.05) is 110 Å². The molecule has 0 saturated carbocycles. The van der Waals surface area contributed by atoms with E-state index in [1.807, 2.05) is 0 Å². The van der Waals surface area contributed by atoms with Gasteiger partial charge >= 0.3 is 17.9 Å². The molecule has 0 aliphatic carbocycles. The SMILES string of the molecule is CCCCCCCCCC/C=C/CCCCCCCCC[N+](CCC(C)C(=O)O)(CCC(C)C(=O)O)CCC(C)C(=O)O. The molecule has 3 unspecified atom stereocenters. The number of hydrogen-bond donors (Lipinski definition) is 3. The third-order valence-electron chi connectivity index (χ3n) is 9.27. The Morgan fingerprint density at radius 1 is 0.488 bits per heavy atom. The molecule has 0 amide bonds. The van der Waals surface area contributed by atoms with Gasteiger partial charge < -0.3 is 19.8 Å². The summed E-state index contributed by atoms with van der Waals surface area (Å²) in [5, 5.41) is 28.3. The molecule has 0 aromatic rings. The quantitative estimate of drug-likeness (QED) is 0.0410. The second-order valence-electron chi connectivity index (χ2n) is 13.3. The van der Waals surface area contributed by atoms with Crippen LogP contribution in [0.3, 0.4) is 0 Å². The first-order valence-electron chi connectivity index (χ1n) is 17.7. The van der Waals surface area contributed by atoms with Gasteiger partial charge in [0.15, 0.2) is 0 Å². The number of hydrogen-bond acceptors (Lipinski definition) is 3. The molecule has 0 aliphatic rings. The summed E-state index contributed by atoms with van der Waals surface area (Å²) >= 11 is 0. The topological polar surface area (TPSA) is 112 Å². The third kappa shape index (κ3) is 23.2. The number of carboxylic acids is 3. The molecule has 0 heterocycles. The maximum atomic E-state index is 11.5. The van der Waals surface area contributed by atoms with Crippen molar-refractivity contribution in [1.29, 1.82) is 0 Å². The number of rotatable bonds is 31. The van der Waals surface area contributed by atoms with Gasteiger partial charge in [-0.3, -0.25) is 14.4 Å². The minimum atomic E-state index is -0.824. The molecule has 43 heavy (non-hydrogen) atoms. The summed E-state index contributed by atoms with van der Waals surface area (Å²) in [5.41, 5.74) is 0. The molecule has 0 bridgehead atoms. The van der Waals surface area contributed by atoms with Gasteiger partial charge in [0, 0.05) is 19.3 Å². The zero-order chi connectivity index (χ0) is 32.3. The molecule has 0 spiro atoms. The normalized spacial score (nSPS) is 15.3. The van der Waals surface area contributed by atoms with Crippen LogP contribution in [-0.2, 0) is 14.4 Å². The average molecular weight is 611 g/mol. The maximum absolute atomic E-state index is 11.5. The standard InChI is InChI=1S/C36H67NO6/c1-5-6-7-8-9-10-11-12-13-14-15-16-17-18-19-20-21-22-23-27-37(28-24-31(2)34(38)39,29-25-32(3)35(40)41)30-26-33(4)36(42)43/h14-15,31-33H,5-13,16-30H2,1-4H3,(H2-,38,39,40,41,42,43)/p+1/b15-14+. The number of nitrogens with zero attached hydrogens (tertiary/aromatic N) is 1. The lowest BCUT2D eigenvalue weighted by Gasteiger charge is -2.40. The fourth-order valence-corrected chi connectivity index (χ4v) is 5.67. The van der Waals surface area contributed by atoms with Gasteiger partial charge in [0.25, 0.3) is 0 Å². The Bertz CT molecular complexity index is 692. The molecule has 0 aromatic heterocycles. The number of unbranched alkanes of at least 4 members (excludes halogenated alkanes) is 15. The van der Waals surface area contributed by atoms with Crippen LogP contribution in [0.4, 0.5) is 0 Å². The van der Waals surface area contributed by atoms with Crippen molar-refractivity contribution in [2.24, 2.45) is 17.8 Å². The van der Waals surface area contributed by atoms with Crippen molar-refractivity contribution in [3.8, 4) is 0 Å². The van der Waals surface area contributed by atoms with Crippen LogP contribution in [0, 0.1) is 17.8 Å². The zero-order valence-corrected chi connectivity index (χ0v) is 28.4. The van der Waals surface area contributed by atoms with E-state index in [-0.39, 0.29) is 0 Å². The highest BCUT2D eigenvalue weighted by Crippen LogP contribution is 2.22. The molecular weight excluding hydrogens is 542 g/mol. The average Bonchev–Trinajstić information content (AvgIpc) is 2.97. The molecule has 0 radical (unpaired) electrons. The second kappa shape index (κ2) is 26.5. The lowest BCUT2D eigenvalue weighted by atomic mass is 10.0. The van der Waals surface area contributed by atoms with E-state index < -0.39 is 35.7 Å². The van der Waals surface area contributed by atoms with Crippen molar-refractivity contribution < 1.29 is 34.2 Å². The minimum absolute atomic E-state index is 0.480. The molecular formula is C36H68NO6+. The predicted molar refractivity (Wildman–Crippen MR) is 177 cm³/mol. The molecule has 7 heteroatoms. The van der Waals surface area contributed by atoms with Crippen LogP contribution < -0.4 is 0 Å². The van der Waals surface area contributed by atoms with E-state index in [1.54, 1.807) is 20.8 Å². The van der Waals surface area contributed by atoms with Crippen LogP contribution in [0.2, 0.25) is 0 Å². The van der Waals surface area contributed by atoms with E-state index in [1.165, 1.54) is 89.9 Å². The molecule has 0 aromatic carbocycles. The second-order valence-corrected chi connectivity index (χ2v) is 13.3. The monoisotopic (exact) mass is 611 g/mol. The van der Waals surface area contributed by atoms with Crippen LogP contribution >= 0.6 is 0 Å². The highest BCUT2D eigenvalue weighted by Gasteiger charge is 2.31. The number of allylic oxidation sites excluding steroid dienone is 2. The van der Waals surface area contributed by atoms with E-state index in [2.05, 4.69) is 19.1 Å². The molecule has 3 N–H and O–H groups in total. The van der Waals surface area contributed by atoms with Crippen LogP contribution in [0.25, 0.3) is 0 Å². The van der Waals surface area contributed by atoms with Crippen molar-refractivity contribution in [1.82, 2.24) is 0 Å². The molecule has 0 saturated heterocycles.